The molecule has 0 fully saturated rings. The topological polar surface area (TPSA) is 55.5 Å². The van der Waals surface area contributed by atoms with Gasteiger partial charge in [-0.2, -0.15) is 0 Å². The summed E-state index contributed by atoms with van der Waals surface area (Å²) in [6.07, 6.45) is 0.888. The number of aliphatic hydroxyl groups excluding tert-OH is 1. The summed E-state index contributed by atoms with van der Waals surface area (Å²) in [6.45, 7) is 0.717. The Labute approximate surface area is 83.5 Å². The first-order chi connectivity index (χ1) is 6.83. The van der Waals surface area contributed by atoms with Crippen molar-refractivity contribution in [3.8, 4) is 5.75 Å². The predicted molar refractivity (Wildman–Crippen MR) is 54.4 cm³/mol. The molecule has 76 valence electrons. The van der Waals surface area contributed by atoms with E-state index in [1.165, 1.54) is 0 Å². The molecular formula is C11H15NO2. The van der Waals surface area contributed by atoms with Gasteiger partial charge in [0.2, 0.25) is 0 Å². The van der Waals surface area contributed by atoms with Crippen LogP contribution in [0, 0.1) is 0 Å². The number of fused-ring (bicyclic) bond motifs is 1. The van der Waals surface area contributed by atoms with Crippen molar-refractivity contribution < 1.29 is 9.84 Å². The fraction of sp³-hybridized carbons (Fsp3) is 0.455. The number of aliphatic hydroxyl groups is 1. The Morgan fingerprint density at radius 3 is 3.07 bits per heavy atom. The van der Waals surface area contributed by atoms with Crippen molar-refractivity contribution in [2.75, 3.05) is 13.2 Å². The molecule has 1 aliphatic heterocycles. The maximum Gasteiger partial charge on any atom is 0.122 e. The monoisotopic (exact) mass is 193 g/mol. The first-order valence-electron chi connectivity index (χ1n) is 4.91. The van der Waals surface area contributed by atoms with E-state index in [0.717, 1.165) is 17.7 Å². The quantitative estimate of drug-likeness (QED) is 0.732. The Morgan fingerprint density at radius 2 is 2.29 bits per heavy atom. The first kappa shape index (κ1) is 9.49. The van der Waals surface area contributed by atoms with Crippen molar-refractivity contribution in [1.82, 2.24) is 0 Å². The van der Waals surface area contributed by atoms with Gasteiger partial charge in [-0.3, -0.25) is 0 Å². The van der Waals surface area contributed by atoms with Gasteiger partial charge in [-0.1, -0.05) is 18.2 Å². The molecule has 1 aromatic rings. The van der Waals surface area contributed by atoms with Crippen LogP contribution in [-0.4, -0.2) is 24.4 Å². The molecule has 1 heterocycles. The van der Waals surface area contributed by atoms with E-state index in [2.05, 4.69) is 0 Å². The summed E-state index contributed by atoms with van der Waals surface area (Å²) < 4.78 is 5.51. The van der Waals surface area contributed by atoms with E-state index < -0.39 is 0 Å². The van der Waals surface area contributed by atoms with Crippen LogP contribution in [0.4, 0.5) is 0 Å². The lowest BCUT2D eigenvalue weighted by Gasteiger charge is -2.29. The Hall–Kier alpha value is -1.06. The van der Waals surface area contributed by atoms with Crippen LogP contribution >= 0.6 is 0 Å². The van der Waals surface area contributed by atoms with Crippen molar-refractivity contribution in [1.29, 1.82) is 0 Å². The molecule has 3 heteroatoms. The van der Waals surface area contributed by atoms with Crippen LogP contribution in [0.25, 0.3) is 0 Å². The number of para-hydroxylation sites is 1. The van der Waals surface area contributed by atoms with Crippen LogP contribution in [0.2, 0.25) is 0 Å². The van der Waals surface area contributed by atoms with Crippen molar-refractivity contribution in [3.63, 3.8) is 0 Å². The van der Waals surface area contributed by atoms with Crippen LogP contribution in [0.15, 0.2) is 24.3 Å². The van der Waals surface area contributed by atoms with Gasteiger partial charge in [0, 0.05) is 12.0 Å². The molecule has 0 saturated carbocycles. The highest BCUT2D eigenvalue weighted by Crippen LogP contribution is 2.34. The average molecular weight is 193 g/mol. The zero-order valence-electron chi connectivity index (χ0n) is 8.02. The van der Waals surface area contributed by atoms with Gasteiger partial charge < -0.3 is 15.6 Å². The molecule has 3 nitrogen and oxygen atoms in total. The number of ether oxygens (including phenoxy) is 1. The number of benzene rings is 1. The minimum Gasteiger partial charge on any atom is -0.493 e. The van der Waals surface area contributed by atoms with Gasteiger partial charge in [0.25, 0.3) is 0 Å². The molecule has 0 saturated heterocycles. The van der Waals surface area contributed by atoms with Crippen molar-refractivity contribution in [2.24, 2.45) is 5.73 Å². The second-order valence-corrected chi connectivity index (χ2v) is 3.63. The summed E-state index contributed by atoms with van der Waals surface area (Å²) in [4.78, 5) is 0. The first-order valence-corrected chi connectivity index (χ1v) is 4.91. The van der Waals surface area contributed by atoms with Crippen LogP contribution in [0.1, 0.15) is 17.9 Å². The summed E-state index contributed by atoms with van der Waals surface area (Å²) in [5.74, 6) is 1.14. The average Bonchev–Trinajstić information content (AvgIpc) is 2.27. The summed E-state index contributed by atoms with van der Waals surface area (Å²) in [7, 11) is 0. The van der Waals surface area contributed by atoms with Crippen LogP contribution in [-0.2, 0) is 0 Å². The third kappa shape index (κ3) is 1.61. The Balaban J connectivity index is 2.30. The summed E-state index contributed by atoms with van der Waals surface area (Å²) >= 11 is 0. The number of nitrogens with two attached hydrogens (primary N) is 1. The molecule has 0 spiro atoms. The second kappa shape index (κ2) is 3.98. The Kier molecular flexibility index (Phi) is 2.70. The van der Waals surface area contributed by atoms with Gasteiger partial charge in [-0.05, 0) is 18.1 Å². The predicted octanol–water partition coefficient (Wildman–Crippen LogP) is 0.872. The molecule has 0 bridgehead atoms. The molecule has 2 unspecified atom stereocenters. The normalized spacial score (nSPS) is 22.3. The molecule has 1 aromatic carbocycles. The molecule has 0 amide bonds. The highest BCUT2D eigenvalue weighted by molar-refractivity contribution is 5.38. The highest BCUT2D eigenvalue weighted by Gasteiger charge is 2.25. The zero-order chi connectivity index (χ0) is 9.97. The fourth-order valence-corrected chi connectivity index (χ4v) is 1.94. The third-order valence-corrected chi connectivity index (χ3v) is 2.73. The summed E-state index contributed by atoms with van der Waals surface area (Å²) in [6, 6.07) is 7.72. The standard InChI is InChI=1S/C11H15NO2/c12-10(7-13)8-5-6-14-11-4-2-1-3-9(8)11/h1-4,8,10,13H,5-7,12H2. The van der Waals surface area contributed by atoms with Crippen molar-refractivity contribution in [3.05, 3.63) is 29.8 Å². The lowest BCUT2D eigenvalue weighted by atomic mass is 9.87. The molecule has 0 radical (unpaired) electrons. The second-order valence-electron chi connectivity index (χ2n) is 3.63. The van der Waals surface area contributed by atoms with E-state index in [1.807, 2.05) is 24.3 Å². The molecule has 2 atom stereocenters. The maximum absolute atomic E-state index is 9.05. The van der Waals surface area contributed by atoms with Gasteiger partial charge >= 0.3 is 0 Å². The molecule has 14 heavy (non-hydrogen) atoms. The maximum atomic E-state index is 9.05. The number of hydrogen-bond acceptors (Lipinski definition) is 3. The molecule has 0 aromatic heterocycles. The van der Waals surface area contributed by atoms with Crippen molar-refractivity contribution in [2.45, 2.75) is 18.4 Å². The minimum absolute atomic E-state index is 0.0268. The fourth-order valence-electron chi connectivity index (χ4n) is 1.94. The molecule has 2 rings (SSSR count). The van der Waals surface area contributed by atoms with Gasteiger partial charge in [0.1, 0.15) is 5.75 Å². The van der Waals surface area contributed by atoms with Crippen LogP contribution in [0.5, 0.6) is 5.75 Å². The Bertz CT molecular complexity index is 314. The molecular weight excluding hydrogens is 178 g/mol. The van der Waals surface area contributed by atoms with Crippen LogP contribution in [0.3, 0.4) is 0 Å². The van der Waals surface area contributed by atoms with Gasteiger partial charge in [-0.15, -0.1) is 0 Å². The molecule has 0 aliphatic carbocycles. The minimum atomic E-state index is -0.181. The Morgan fingerprint density at radius 1 is 1.50 bits per heavy atom. The zero-order valence-corrected chi connectivity index (χ0v) is 8.02. The smallest absolute Gasteiger partial charge is 0.122 e. The summed E-state index contributed by atoms with van der Waals surface area (Å²) in [5.41, 5.74) is 6.98. The van der Waals surface area contributed by atoms with E-state index in [1.54, 1.807) is 0 Å². The van der Waals surface area contributed by atoms with Gasteiger partial charge in [-0.25, -0.2) is 0 Å². The van der Waals surface area contributed by atoms with Gasteiger partial charge in [0.05, 0.1) is 13.2 Å². The SMILES string of the molecule is NC(CO)C1CCOc2ccccc21. The summed E-state index contributed by atoms with van der Waals surface area (Å²) in [5, 5.41) is 9.05. The lowest BCUT2D eigenvalue weighted by Crippen LogP contribution is -2.35. The van der Waals surface area contributed by atoms with Crippen LogP contribution < -0.4 is 10.5 Å². The number of rotatable bonds is 2. The lowest BCUT2D eigenvalue weighted by molar-refractivity contribution is 0.209. The largest absolute Gasteiger partial charge is 0.493 e. The highest BCUT2D eigenvalue weighted by atomic mass is 16.5. The van der Waals surface area contributed by atoms with E-state index in [-0.39, 0.29) is 18.6 Å². The molecule has 1 aliphatic rings. The third-order valence-electron chi connectivity index (χ3n) is 2.73. The van der Waals surface area contributed by atoms with E-state index in [9.17, 15) is 0 Å². The van der Waals surface area contributed by atoms with E-state index in [0.29, 0.717) is 6.61 Å². The number of hydrogen-bond donors (Lipinski definition) is 2. The molecule has 3 N–H and O–H groups in total. The van der Waals surface area contributed by atoms with Crippen molar-refractivity contribution >= 4 is 0 Å². The van der Waals surface area contributed by atoms with Gasteiger partial charge in [0.15, 0.2) is 0 Å². The van der Waals surface area contributed by atoms with E-state index >= 15 is 0 Å². The van der Waals surface area contributed by atoms with E-state index in [4.69, 9.17) is 15.6 Å².